The van der Waals surface area contributed by atoms with Crippen molar-refractivity contribution in [2.75, 3.05) is 11.9 Å². The Morgan fingerprint density at radius 2 is 1.95 bits per heavy atom. The lowest BCUT2D eigenvalue weighted by atomic mass is 10.00. The number of amides is 3. The number of aliphatic imine (C=N–C) groups is 1. The second-order valence-corrected chi connectivity index (χ2v) is 10.6. The zero-order valence-corrected chi connectivity index (χ0v) is 22.7. The highest BCUT2D eigenvalue weighted by Crippen LogP contribution is 2.30. The zero-order valence-electron chi connectivity index (χ0n) is 20.3. The van der Waals surface area contributed by atoms with Crippen molar-refractivity contribution in [1.82, 2.24) is 10.6 Å². The Bertz CT molecular complexity index is 1350. The number of likely N-dealkylation sites (N-methyl/N-ethyl adjacent to an activating group) is 1. The van der Waals surface area contributed by atoms with Gasteiger partial charge in [0.25, 0.3) is 5.91 Å². The molecule has 0 fully saturated rings. The van der Waals surface area contributed by atoms with Crippen LogP contribution >= 0.6 is 27.3 Å². The third-order valence-electron chi connectivity index (χ3n) is 5.98. The van der Waals surface area contributed by atoms with Gasteiger partial charge in [0, 0.05) is 33.9 Å². The minimum atomic E-state index is -1.31. The maximum absolute atomic E-state index is 14.8. The number of carbonyl (C=O) groups is 3. The van der Waals surface area contributed by atoms with Gasteiger partial charge in [-0.05, 0) is 61.5 Å². The highest BCUT2D eigenvalue weighted by molar-refractivity contribution is 9.10. The molecule has 0 saturated heterocycles. The number of aryl methyl sites for hydroxylation is 1. The predicted molar refractivity (Wildman–Crippen MR) is 146 cm³/mol. The minimum absolute atomic E-state index is 0.205. The Morgan fingerprint density at radius 1 is 1.16 bits per heavy atom. The van der Waals surface area contributed by atoms with Gasteiger partial charge in [-0.2, -0.15) is 0 Å². The quantitative estimate of drug-likeness (QED) is 0.410. The van der Waals surface area contributed by atoms with E-state index in [0.29, 0.717) is 17.7 Å². The van der Waals surface area contributed by atoms with Gasteiger partial charge in [0.05, 0.1) is 11.4 Å². The lowest BCUT2D eigenvalue weighted by Gasteiger charge is -2.22. The first-order valence-corrected chi connectivity index (χ1v) is 13.4. The van der Waals surface area contributed by atoms with Gasteiger partial charge in [0.2, 0.25) is 18.0 Å². The van der Waals surface area contributed by atoms with Gasteiger partial charge in [-0.1, -0.05) is 34.1 Å². The first-order valence-electron chi connectivity index (χ1n) is 11.8. The number of hydrogen-bond acceptors (Lipinski definition) is 5. The van der Waals surface area contributed by atoms with Crippen LogP contribution in [0.4, 0.5) is 10.1 Å². The average molecular weight is 585 g/mol. The van der Waals surface area contributed by atoms with E-state index in [2.05, 4.69) is 31.6 Å². The van der Waals surface area contributed by atoms with E-state index in [9.17, 15) is 18.8 Å². The second kappa shape index (κ2) is 11.8. The number of benzene rings is 2. The second-order valence-electron chi connectivity index (χ2n) is 8.65. The summed E-state index contributed by atoms with van der Waals surface area (Å²) < 4.78 is 15.6. The Hall–Kier alpha value is -3.37. The summed E-state index contributed by atoms with van der Waals surface area (Å²) in [7, 11) is 1.58. The van der Waals surface area contributed by atoms with Crippen LogP contribution in [0.15, 0.2) is 69.4 Å². The van der Waals surface area contributed by atoms with E-state index in [1.54, 1.807) is 61.7 Å². The van der Waals surface area contributed by atoms with Crippen molar-refractivity contribution in [3.05, 3.63) is 86.3 Å². The lowest BCUT2D eigenvalue weighted by molar-refractivity contribution is -0.130. The lowest BCUT2D eigenvalue weighted by Crippen LogP contribution is -2.52. The van der Waals surface area contributed by atoms with Crippen LogP contribution in [0.5, 0.6) is 0 Å². The highest BCUT2D eigenvalue weighted by Gasteiger charge is 2.33. The van der Waals surface area contributed by atoms with Crippen LogP contribution in [-0.2, 0) is 20.8 Å². The molecular weight excluding hydrogens is 559 g/mol. The molecule has 4 rings (SSSR count). The number of carbonyl (C=O) groups excluding carboxylic acids is 3. The Balaban J connectivity index is 1.52. The molecule has 1 aliphatic rings. The number of fused-ring (bicyclic) bond motifs is 1. The molecule has 0 spiro atoms. The van der Waals surface area contributed by atoms with E-state index < -0.39 is 29.8 Å². The van der Waals surface area contributed by atoms with Gasteiger partial charge < -0.3 is 15.5 Å². The van der Waals surface area contributed by atoms with Crippen molar-refractivity contribution >= 4 is 56.4 Å². The van der Waals surface area contributed by atoms with Crippen LogP contribution in [0.25, 0.3) is 0 Å². The van der Waals surface area contributed by atoms with Crippen molar-refractivity contribution in [3.8, 4) is 0 Å². The SMILES string of the molecule is C[C@H](NC(=O)CCCc1cccs1)C(=O)NC1N=C(c2ccccc2F)c2cc(Br)ccc2N(C)C1=O. The number of thiophene rings is 1. The summed E-state index contributed by atoms with van der Waals surface area (Å²) in [5.74, 6) is -1.81. The zero-order chi connectivity index (χ0) is 26.5. The average Bonchev–Trinajstić information content (AvgIpc) is 3.36. The highest BCUT2D eigenvalue weighted by atomic mass is 79.9. The fraction of sp³-hybridized carbons (Fsp3) is 0.259. The van der Waals surface area contributed by atoms with Crippen molar-refractivity contribution in [3.63, 3.8) is 0 Å². The van der Waals surface area contributed by atoms with E-state index in [4.69, 9.17) is 0 Å². The molecule has 2 N–H and O–H groups in total. The monoisotopic (exact) mass is 584 g/mol. The Labute approximate surface area is 226 Å². The molecule has 0 aliphatic carbocycles. The molecule has 192 valence electrons. The number of rotatable bonds is 8. The Morgan fingerprint density at radius 3 is 2.68 bits per heavy atom. The molecular formula is C27H26BrFN4O3S. The van der Waals surface area contributed by atoms with Crippen LogP contribution < -0.4 is 15.5 Å². The number of halogens is 2. The maximum Gasteiger partial charge on any atom is 0.272 e. The van der Waals surface area contributed by atoms with Crippen LogP contribution in [-0.4, -0.2) is 42.7 Å². The molecule has 1 aliphatic heterocycles. The molecule has 1 aromatic heterocycles. The van der Waals surface area contributed by atoms with Gasteiger partial charge in [-0.3, -0.25) is 14.4 Å². The molecule has 0 radical (unpaired) electrons. The van der Waals surface area contributed by atoms with Crippen LogP contribution in [0.2, 0.25) is 0 Å². The van der Waals surface area contributed by atoms with Crippen LogP contribution in [0, 0.1) is 5.82 Å². The third-order valence-corrected chi connectivity index (χ3v) is 7.41. The number of nitrogens with zero attached hydrogens (tertiary/aromatic N) is 2. The van der Waals surface area contributed by atoms with Gasteiger partial charge in [-0.25, -0.2) is 9.38 Å². The fourth-order valence-corrected chi connectivity index (χ4v) is 5.14. The van der Waals surface area contributed by atoms with Gasteiger partial charge in [-0.15, -0.1) is 11.3 Å². The summed E-state index contributed by atoms with van der Waals surface area (Å²) in [5, 5.41) is 7.30. The number of anilines is 1. The number of nitrogens with one attached hydrogen (secondary N) is 2. The molecule has 0 saturated carbocycles. The van der Waals surface area contributed by atoms with E-state index in [0.717, 1.165) is 10.9 Å². The standard InChI is InChI=1S/C27H26BrFN4O3S/c1-16(30-23(34)11-5-7-18-8-6-14-37-18)26(35)32-25-27(36)33(2)22-13-12-17(28)15-20(22)24(31-25)19-9-3-4-10-21(19)29/h3-4,6,8-10,12-16,25H,5,7,11H2,1-2H3,(H,30,34)(H,32,35)/t16-,25?/m0/s1. The van der Waals surface area contributed by atoms with E-state index in [1.165, 1.54) is 15.8 Å². The molecule has 7 nitrogen and oxygen atoms in total. The summed E-state index contributed by atoms with van der Waals surface area (Å²) in [6.07, 6.45) is 0.423. The van der Waals surface area contributed by atoms with Crippen molar-refractivity contribution in [2.24, 2.45) is 4.99 Å². The summed E-state index contributed by atoms with van der Waals surface area (Å²) >= 11 is 5.07. The number of benzodiazepines with no additional fused rings is 1. The van der Waals surface area contributed by atoms with Gasteiger partial charge >= 0.3 is 0 Å². The molecule has 37 heavy (non-hydrogen) atoms. The third kappa shape index (κ3) is 6.31. The first kappa shape index (κ1) is 26.7. The summed E-state index contributed by atoms with van der Waals surface area (Å²) in [6, 6.07) is 14.5. The summed E-state index contributed by atoms with van der Waals surface area (Å²) in [5.41, 5.74) is 1.51. The van der Waals surface area contributed by atoms with Gasteiger partial charge in [0.15, 0.2) is 0 Å². The molecule has 2 atom stereocenters. The van der Waals surface area contributed by atoms with Gasteiger partial charge in [0.1, 0.15) is 11.9 Å². The summed E-state index contributed by atoms with van der Waals surface area (Å²) in [4.78, 5) is 45.7. The largest absolute Gasteiger partial charge is 0.345 e. The van der Waals surface area contributed by atoms with E-state index in [-0.39, 0.29) is 23.6 Å². The summed E-state index contributed by atoms with van der Waals surface area (Å²) in [6.45, 7) is 1.55. The van der Waals surface area contributed by atoms with Crippen molar-refractivity contribution in [1.29, 1.82) is 0 Å². The molecule has 10 heteroatoms. The van der Waals surface area contributed by atoms with Crippen LogP contribution in [0.1, 0.15) is 35.8 Å². The molecule has 2 aromatic carbocycles. The normalized spacial score (nSPS) is 15.9. The molecule has 3 aromatic rings. The molecule has 3 amide bonds. The molecule has 0 bridgehead atoms. The van der Waals surface area contributed by atoms with E-state index >= 15 is 0 Å². The fourth-order valence-electron chi connectivity index (χ4n) is 4.03. The Kier molecular flexibility index (Phi) is 8.50. The predicted octanol–water partition coefficient (Wildman–Crippen LogP) is 4.43. The molecule has 1 unspecified atom stereocenters. The topological polar surface area (TPSA) is 90.9 Å². The van der Waals surface area contributed by atoms with Crippen molar-refractivity contribution < 1.29 is 18.8 Å². The first-order chi connectivity index (χ1) is 17.7. The molecule has 2 heterocycles. The minimum Gasteiger partial charge on any atom is -0.345 e. The van der Waals surface area contributed by atoms with Crippen molar-refractivity contribution in [2.45, 2.75) is 38.4 Å². The van der Waals surface area contributed by atoms with E-state index in [1.807, 2.05) is 17.5 Å². The maximum atomic E-state index is 14.8. The van der Waals surface area contributed by atoms with Crippen LogP contribution in [0.3, 0.4) is 0 Å². The smallest absolute Gasteiger partial charge is 0.272 e. The number of hydrogen-bond donors (Lipinski definition) is 2.